The maximum atomic E-state index is 11.0. The molecule has 2 saturated carbocycles. The third-order valence-electron chi connectivity index (χ3n) is 3.99. The fourth-order valence-electron chi connectivity index (χ4n) is 3.04. The van der Waals surface area contributed by atoms with E-state index in [0.717, 1.165) is 0 Å². The van der Waals surface area contributed by atoms with Crippen LogP contribution in [0.4, 0.5) is 0 Å². The molecule has 5 nitrogen and oxygen atoms in total. The van der Waals surface area contributed by atoms with Gasteiger partial charge in [-0.25, -0.2) is 0 Å². The van der Waals surface area contributed by atoms with Gasteiger partial charge in [-0.3, -0.25) is 9.59 Å². The monoisotopic (exact) mass is 199 g/mol. The van der Waals surface area contributed by atoms with Crippen molar-refractivity contribution in [2.24, 2.45) is 23.0 Å². The van der Waals surface area contributed by atoms with Gasteiger partial charge in [0, 0.05) is 5.92 Å². The van der Waals surface area contributed by atoms with Gasteiger partial charge in [-0.05, 0) is 25.7 Å². The number of carboxylic acids is 2. The number of rotatable bonds is 2. The van der Waals surface area contributed by atoms with Crippen LogP contribution in [0.2, 0.25) is 0 Å². The van der Waals surface area contributed by atoms with Crippen LogP contribution in [0.5, 0.6) is 0 Å². The van der Waals surface area contributed by atoms with E-state index in [-0.39, 0.29) is 5.92 Å². The second-order valence-corrected chi connectivity index (χ2v) is 4.56. The average Bonchev–Trinajstić information content (AvgIpc) is 2.50. The Morgan fingerprint density at radius 1 is 1.36 bits per heavy atom. The molecular formula is C9H13NO4. The van der Waals surface area contributed by atoms with E-state index < -0.39 is 28.8 Å². The van der Waals surface area contributed by atoms with Crippen molar-refractivity contribution in [1.29, 1.82) is 0 Å². The van der Waals surface area contributed by atoms with Gasteiger partial charge in [0.25, 0.3) is 0 Å². The van der Waals surface area contributed by atoms with E-state index in [2.05, 4.69) is 0 Å². The zero-order chi connectivity index (χ0) is 10.7. The molecule has 0 saturated heterocycles. The molecule has 4 N–H and O–H groups in total. The molecule has 2 rings (SSSR count). The van der Waals surface area contributed by atoms with Gasteiger partial charge in [0.15, 0.2) is 0 Å². The predicted molar refractivity (Wildman–Crippen MR) is 46.5 cm³/mol. The SMILES string of the molecule is C[C@]1(C(=O)O)[C@@H]2CC[C@@](N)(C(=O)O)[C@@H]21. The number of carboxylic acid groups (broad SMARTS) is 2. The van der Waals surface area contributed by atoms with Crippen LogP contribution in [0.3, 0.4) is 0 Å². The molecule has 0 aromatic rings. The summed E-state index contributed by atoms with van der Waals surface area (Å²) < 4.78 is 0. The minimum atomic E-state index is -1.32. The molecule has 2 aliphatic carbocycles. The highest BCUT2D eigenvalue weighted by atomic mass is 16.4. The first-order valence-corrected chi connectivity index (χ1v) is 4.61. The van der Waals surface area contributed by atoms with Gasteiger partial charge in [-0.2, -0.15) is 0 Å². The van der Waals surface area contributed by atoms with Crippen LogP contribution in [-0.4, -0.2) is 27.7 Å². The molecule has 0 spiro atoms. The molecule has 2 fully saturated rings. The second-order valence-electron chi connectivity index (χ2n) is 4.56. The highest BCUT2D eigenvalue weighted by Gasteiger charge is 2.77. The third kappa shape index (κ3) is 0.785. The van der Waals surface area contributed by atoms with E-state index in [4.69, 9.17) is 15.9 Å². The van der Waals surface area contributed by atoms with Gasteiger partial charge in [0.2, 0.25) is 0 Å². The van der Waals surface area contributed by atoms with E-state index in [0.29, 0.717) is 12.8 Å². The number of hydrogen-bond donors (Lipinski definition) is 3. The lowest BCUT2D eigenvalue weighted by Gasteiger charge is -2.24. The van der Waals surface area contributed by atoms with E-state index in [9.17, 15) is 9.59 Å². The topological polar surface area (TPSA) is 101 Å². The molecule has 0 amide bonds. The lowest BCUT2D eigenvalue weighted by Crippen LogP contribution is -2.50. The van der Waals surface area contributed by atoms with Crippen molar-refractivity contribution in [3.05, 3.63) is 0 Å². The summed E-state index contributed by atoms with van der Waals surface area (Å²) in [6.45, 7) is 1.59. The maximum absolute atomic E-state index is 11.0. The molecular weight excluding hydrogens is 186 g/mol. The van der Waals surface area contributed by atoms with Crippen LogP contribution in [0, 0.1) is 17.3 Å². The minimum absolute atomic E-state index is 0.0545. The van der Waals surface area contributed by atoms with E-state index in [1.54, 1.807) is 6.92 Å². The summed E-state index contributed by atoms with van der Waals surface area (Å²) in [4.78, 5) is 21.9. The van der Waals surface area contributed by atoms with Crippen LogP contribution in [0.25, 0.3) is 0 Å². The Labute approximate surface area is 80.9 Å². The molecule has 0 aliphatic heterocycles. The van der Waals surface area contributed by atoms with Crippen LogP contribution >= 0.6 is 0 Å². The number of nitrogens with two attached hydrogens (primary N) is 1. The summed E-state index contributed by atoms with van der Waals surface area (Å²) in [5.41, 5.74) is 3.50. The summed E-state index contributed by atoms with van der Waals surface area (Å²) in [6.07, 6.45) is 0.997. The standard InChI is InChI=1S/C9H13NO4/c1-8(6(11)12)4-2-3-9(10,5(4)8)7(13)14/h4-5H,2-3,10H2,1H3,(H,11,12)(H,13,14)/t4-,5+,8+,9+/m1/s1. The van der Waals surface area contributed by atoms with Crippen LogP contribution < -0.4 is 5.73 Å². The molecule has 0 unspecified atom stereocenters. The first kappa shape index (κ1) is 9.45. The fourth-order valence-corrected chi connectivity index (χ4v) is 3.04. The fraction of sp³-hybridized carbons (Fsp3) is 0.778. The number of aliphatic carboxylic acids is 2. The summed E-state index contributed by atoms with van der Waals surface area (Å²) in [5.74, 6) is -2.45. The zero-order valence-electron chi connectivity index (χ0n) is 7.86. The average molecular weight is 199 g/mol. The smallest absolute Gasteiger partial charge is 0.324 e. The van der Waals surface area contributed by atoms with Crippen molar-refractivity contribution >= 4 is 11.9 Å². The first-order chi connectivity index (χ1) is 6.35. The summed E-state index contributed by atoms with van der Waals surface area (Å²) >= 11 is 0. The van der Waals surface area contributed by atoms with Crippen molar-refractivity contribution in [2.45, 2.75) is 25.3 Å². The highest BCUT2D eigenvalue weighted by Crippen LogP contribution is 2.70. The Hall–Kier alpha value is -1.10. The van der Waals surface area contributed by atoms with Crippen molar-refractivity contribution in [2.75, 3.05) is 0 Å². The number of fused-ring (bicyclic) bond motifs is 1. The normalized spacial score (nSPS) is 49.9. The van der Waals surface area contributed by atoms with Gasteiger partial charge in [0.1, 0.15) is 5.54 Å². The van der Waals surface area contributed by atoms with Gasteiger partial charge in [-0.15, -0.1) is 0 Å². The number of hydrogen-bond acceptors (Lipinski definition) is 3. The van der Waals surface area contributed by atoms with E-state index in [1.165, 1.54) is 0 Å². The van der Waals surface area contributed by atoms with Gasteiger partial charge in [-0.1, -0.05) is 0 Å². The highest BCUT2D eigenvalue weighted by molar-refractivity contribution is 5.87. The molecule has 0 aromatic carbocycles. The molecule has 4 atom stereocenters. The maximum Gasteiger partial charge on any atom is 0.324 e. The lowest BCUT2D eigenvalue weighted by atomic mass is 9.85. The van der Waals surface area contributed by atoms with Crippen molar-refractivity contribution < 1.29 is 19.8 Å². The van der Waals surface area contributed by atoms with E-state index in [1.807, 2.05) is 0 Å². The largest absolute Gasteiger partial charge is 0.481 e. The molecule has 14 heavy (non-hydrogen) atoms. The third-order valence-corrected chi connectivity index (χ3v) is 3.99. The molecule has 0 aromatic heterocycles. The van der Waals surface area contributed by atoms with Crippen LogP contribution in [0.15, 0.2) is 0 Å². The molecule has 0 bridgehead atoms. The molecule has 0 heterocycles. The quantitative estimate of drug-likeness (QED) is 0.576. The Bertz CT molecular complexity index is 329. The van der Waals surface area contributed by atoms with Crippen molar-refractivity contribution in [3.8, 4) is 0 Å². The first-order valence-electron chi connectivity index (χ1n) is 4.61. The Morgan fingerprint density at radius 2 is 1.93 bits per heavy atom. The molecule has 2 aliphatic rings. The van der Waals surface area contributed by atoms with Gasteiger partial charge in [0.05, 0.1) is 5.41 Å². The van der Waals surface area contributed by atoms with Crippen molar-refractivity contribution in [3.63, 3.8) is 0 Å². The molecule has 78 valence electrons. The molecule has 0 radical (unpaired) electrons. The minimum Gasteiger partial charge on any atom is -0.481 e. The van der Waals surface area contributed by atoms with E-state index >= 15 is 0 Å². The Balaban J connectivity index is 2.31. The zero-order valence-corrected chi connectivity index (χ0v) is 7.86. The molecule has 5 heteroatoms. The predicted octanol–water partition coefficient (Wildman–Crippen LogP) is -0.101. The van der Waals surface area contributed by atoms with Crippen molar-refractivity contribution in [1.82, 2.24) is 0 Å². The Morgan fingerprint density at radius 3 is 2.29 bits per heavy atom. The second kappa shape index (κ2) is 2.28. The van der Waals surface area contributed by atoms with Crippen LogP contribution in [0.1, 0.15) is 19.8 Å². The van der Waals surface area contributed by atoms with Gasteiger partial charge >= 0.3 is 11.9 Å². The summed E-state index contributed by atoms with van der Waals surface area (Å²) in [6, 6.07) is 0. The Kier molecular flexibility index (Phi) is 1.54. The summed E-state index contributed by atoms with van der Waals surface area (Å²) in [7, 11) is 0. The van der Waals surface area contributed by atoms with Gasteiger partial charge < -0.3 is 15.9 Å². The van der Waals surface area contributed by atoms with Crippen LogP contribution in [-0.2, 0) is 9.59 Å². The lowest BCUT2D eigenvalue weighted by molar-refractivity contribution is -0.148. The number of carbonyl (C=O) groups is 2. The summed E-state index contributed by atoms with van der Waals surface area (Å²) in [5, 5.41) is 17.9.